The molecular weight excluding hydrogens is 262 g/mol. The van der Waals surface area contributed by atoms with Gasteiger partial charge in [0.05, 0.1) is 17.2 Å². The van der Waals surface area contributed by atoms with Crippen molar-refractivity contribution in [2.45, 2.75) is 44.8 Å². The molecule has 1 aromatic rings. The van der Waals surface area contributed by atoms with E-state index in [1.165, 1.54) is 6.92 Å². The van der Waals surface area contributed by atoms with Crippen LogP contribution in [0.2, 0.25) is 5.02 Å². The standard InChI is InChI=1S/C15H20ClNO2/c1-10(18)12-8-7-11(9-13(12)16)17(2)14-5-3-4-6-15(14)19/h7-9,14-15,19H,3-6H2,1-2H3. The largest absolute Gasteiger partial charge is 0.391 e. The molecule has 0 heterocycles. The fourth-order valence-corrected chi connectivity index (χ4v) is 3.05. The first-order valence-corrected chi connectivity index (χ1v) is 7.10. The number of anilines is 1. The molecule has 0 amide bonds. The third-order valence-electron chi connectivity index (χ3n) is 3.93. The van der Waals surface area contributed by atoms with E-state index in [-0.39, 0.29) is 17.9 Å². The predicted molar refractivity (Wildman–Crippen MR) is 78.1 cm³/mol. The van der Waals surface area contributed by atoms with Crippen LogP contribution in [0, 0.1) is 0 Å². The van der Waals surface area contributed by atoms with Crippen LogP contribution in [-0.4, -0.2) is 30.1 Å². The second kappa shape index (κ2) is 5.93. The lowest BCUT2D eigenvalue weighted by atomic mass is 9.91. The molecule has 1 fully saturated rings. The molecule has 4 heteroatoms. The summed E-state index contributed by atoms with van der Waals surface area (Å²) in [5, 5.41) is 10.6. The van der Waals surface area contributed by atoms with Crippen LogP contribution in [0.5, 0.6) is 0 Å². The van der Waals surface area contributed by atoms with Crippen molar-refractivity contribution in [2.75, 3.05) is 11.9 Å². The van der Waals surface area contributed by atoms with Gasteiger partial charge < -0.3 is 10.0 Å². The normalized spacial score (nSPS) is 23.2. The van der Waals surface area contributed by atoms with E-state index in [0.717, 1.165) is 31.4 Å². The number of hydrogen-bond acceptors (Lipinski definition) is 3. The SMILES string of the molecule is CC(=O)c1ccc(N(C)C2CCCCC2O)cc1Cl. The first-order chi connectivity index (χ1) is 9.00. The van der Waals surface area contributed by atoms with Gasteiger partial charge in [0.15, 0.2) is 5.78 Å². The Kier molecular flexibility index (Phi) is 4.48. The highest BCUT2D eigenvalue weighted by molar-refractivity contribution is 6.34. The summed E-state index contributed by atoms with van der Waals surface area (Å²) in [6.45, 7) is 1.51. The molecule has 3 nitrogen and oxygen atoms in total. The molecule has 1 aromatic carbocycles. The maximum absolute atomic E-state index is 11.4. The Morgan fingerprint density at radius 1 is 1.37 bits per heavy atom. The molecule has 2 atom stereocenters. The van der Waals surface area contributed by atoms with Crippen LogP contribution in [-0.2, 0) is 0 Å². The maximum atomic E-state index is 11.4. The van der Waals surface area contributed by atoms with Gasteiger partial charge in [-0.3, -0.25) is 4.79 Å². The van der Waals surface area contributed by atoms with E-state index in [1.807, 2.05) is 13.1 Å². The van der Waals surface area contributed by atoms with Gasteiger partial charge in [0.25, 0.3) is 0 Å². The molecule has 19 heavy (non-hydrogen) atoms. The zero-order valence-electron chi connectivity index (χ0n) is 11.4. The Balaban J connectivity index is 2.21. The van der Waals surface area contributed by atoms with Gasteiger partial charge >= 0.3 is 0 Å². The highest BCUT2D eigenvalue weighted by atomic mass is 35.5. The summed E-state index contributed by atoms with van der Waals surface area (Å²) < 4.78 is 0. The number of nitrogens with zero attached hydrogens (tertiary/aromatic N) is 1. The molecule has 0 aliphatic heterocycles. The molecule has 1 saturated carbocycles. The van der Waals surface area contributed by atoms with E-state index < -0.39 is 0 Å². The second-order valence-corrected chi connectivity index (χ2v) is 5.66. The zero-order chi connectivity index (χ0) is 14.0. The van der Waals surface area contributed by atoms with Crippen molar-refractivity contribution in [1.82, 2.24) is 0 Å². The third kappa shape index (κ3) is 3.10. The molecule has 0 bridgehead atoms. The molecule has 2 rings (SSSR count). The van der Waals surface area contributed by atoms with E-state index in [4.69, 9.17) is 11.6 Å². The number of aliphatic hydroxyl groups is 1. The van der Waals surface area contributed by atoms with Crippen LogP contribution >= 0.6 is 11.6 Å². The smallest absolute Gasteiger partial charge is 0.161 e. The fourth-order valence-electron chi connectivity index (χ4n) is 2.74. The Labute approximate surface area is 119 Å². The number of halogens is 1. The maximum Gasteiger partial charge on any atom is 0.161 e. The molecule has 1 aliphatic carbocycles. The molecule has 0 aromatic heterocycles. The lowest BCUT2D eigenvalue weighted by Gasteiger charge is -2.36. The molecule has 1 aliphatic rings. The van der Waals surface area contributed by atoms with E-state index in [0.29, 0.717) is 10.6 Å². The van der Waals surface area contributed by atoms with Crippen molar-refractivity contribution in [1.29, 1.82) is 0 Å². The molecule has 0 saturated heterocycles. The Morgan fingerprint density at radius 2 is 2.05 bits per heavy atom. The van der Waals surface area contributed by atoms with Gasteiger partial charge in [-0.15, -0.1) is 0 Å². The Bertz CT molecular complexity index is 475. The van der Waals surface area contributed by atoms with Gasteiger partial charge in [-0.25, -0.2) is 0 Å². The predicted octanol–water partition coefficient (Wildman–Crippen LogP) is 3.28. The summed E-state index contributed by atoms with van der Waals surface area (Å²) in [5.41, 5.74) is 1.49. The summed E-state index contributed by atoms with van der Waals surface area (Å²) in [6.07, 6.45) is 3.80. The number of carbonyl (C=O) groups is 1. The Hall–Kier alpha value is -1.06. The van der Waals surface area contributed by atoms with Crippen molar-refractivity contribution in [2.24, 2.45) is 0 Å². The van der Waals surface area contributed by atoms with Gasteiger partial charge in [0, 0.05) is 18.3 Å². The van der Waals surface area contributed by atoms with Gasteiger partial charge in [-0.2, -0.15) is 0 Å². The molecule has 2 unspecified atom stereocenters. The average Bonchev–Trinajstić information content (AvgIpc) is 2.38. The van der Waals surface area contributed by atoms with Crippen molar-refractivity contribution >= 4 is 23.1 Å². The minimum absolute atomic E-state index is 0.0306. The van der Waals surface area contributed by atoms with Gasteiger partial charge in [-0.1, -0.05) is 24.4 Å². The molecule has 1 N–H and O–H groups in total. The van der Waals surface area contributed by atoms with Gasteiger partial charge in [-0.05, 0) is 38.0 Å². The zero-order valence-corrected chi connectivity index (χ0v) is 12.2. The lowest BCUT2D eigenvalue weighted by Crippen LogP contribution is -2.43. The average molecular weight is 282 g/mol. The summed E-state index contributed by atoms with van der Waals surface area (Å²) in [6, 6.07) is 5.59. The lowest BCUT2D eigenvalue weighted by molar-refractivity contribution is 0.101. The summed E-state index contributed by atoms with van der Waals surface area (Å²) >= 11 is 6.13. The summed E-state index contributed by atoms with van der Waals surface area (Å²) in [4.78, 5) is 13.4. The van der Waals surface area contributed by atoms with E-state index in [1.54, 1.807) is 12.1 Å². The number of carbonyl (C=O) groups excluding carboxylic acids is 1. The highest BCUT2D eigenvalue weighted by Gasteiger charge is 2.27. The number of benzene rings is 1. The Morgan fingerprint density at radius 3 is 2.63 bits per heavy atom. The molecular formula is C15H20ClNO2. The van der Waals surface area contributed by atoms with E-state index in [9.17, 15) is 9.90 Å². The van der Waals surface area contributed by atoms with E-state index >= 15 is 0 Å². The van der Waals surface area contributed by atoms with Crippen LogP contribution in [0.25, 0.3) is 0 Å². The molecule has 0 spiro atoms. The fraction of sp³-hybridized carbons (Fsp3) is 0.533. The monoisotopic (exact) mass is 281 g/mol. The number of ketones is 1. The van der Waals surface area contributed by atoms with Crippen molar-refractivity contribution in [3.8, 4) is 0 Å². The van der Waals surface area contributed by atoms with Crippen LogP contribution in [0.1, 0.15) is 43.0 Å². The quantitative estimate of drug-likeness (QED) is 0.865. The first kappa shape index (κ1) is 14.4. The number of hydrogen-bond donors (Lipinski definition) is 1. The summed E-state index contributed by atoms with van der Waals surface area (Å²) in [5.74, 6) is -0.0306. The molecule has 0 radical (unpaired) electrons. The first-order valence-electron chi connectivity index (χ1n) is 6.72. The number of rotatable bonds is 3. The second-order valence-electron chi connectivity index (χ2n) is 5.25. The molecule has 104 valence electrons. The van der Waals surface area contributed by atoms with Gasteiger partial charge in [0.2, 0.25) is 0 Å². The minimum atomic E-state index is -0.287. The van der Waals surface area contributed by atoms with Crippen molar-refractivity contribution < 1.29 is 9.90 Å². The summed E-state index contributed by atoms with van der Waals surface area (Å²) in [7, 11) is 1.97. The number of Topliss-reactive ketones (excluding diaryl/α,β-unsaturated/α-hetero) is 1. The minimum Gasteiger partial charge on any atom is -0.391 e. The van der Waals surface area contributed by atoms with Crippen LogP contribution in [0.15, 0.2) is 18.2 Å². The van der Waals surface area contributed by atoms with Crippen LogP contribution in [0.4, 0.5) is 5.69 Å². The van der Waals surface area contributed by atoms with Gasteiger partial charge in [0.1, 0.15) is 0 Å². The van der Waals surface area contributed by atoms with Crippen molar-refractivity contribution in [3.05, 3.63) is 28.8 Å². The topological polar surface area (TPSA) is 40.5 Å². The van der Waals surface area contributed by atoms with Crippen molar-refractivity contribution in [3.63, 3.8) is 0 Å². The van der Waals surface area contributed by atoms with Crippen LogP contribution in [0.3, 0.4) is 0 Å². The highest BCUT2D eigenvalue weighted by Crippen LogP contribution is 2.29. The number of aliphatic hydroxyl groups excluding tert-OH is 1. The number of likely N-dealkylation sites (N-methyl/N-ethyl adjacent to an activating group) is 1. The van der Waals surface area contributed by atoms with E-state index in [2.05, 4.69) is 4.90 Å². The third-order valence-corrected chi connectivity index (χ3v) is 4.24. The van der Waals surface area contributed by atoms with Crippen LogP contribution < -0.4 is 4.90 Å².